The molecule has 1 heterocycles. The molecule has 1 N–H and O–H groups in total. The zero-order valence-electron chi connectivity index (χ0n) is 12.4. The van der Waals surface area contributed by atoms with E-state index in [1.807, 2.05) is 0 Å². The van der Waals surface area contributed by atoms with Gasteiger partial charge in [0.1, 0.15) is 0 Å². The summed E-state index contributed by atoms with van der Waals surface area (Å²) in [6, 6.07) is 1.80. The van der Waals surface area contributed by atoms with Crippen LogP contribution in [-0.4, -0.2) is 61.2 Å². The molecule has 3 rings (SSSR count). The van der Waals surface area contributed by atoms with Crippen molar-refractivity contribution in [2.75, 3.05) is 39.3 Å². The van der Waals surface area contributed by atoms with E-state index < -0.39 is 0 Å². The second kappa shape index (κ2) is 7.05. The number of nitrogens with one attached hydrogen (secondary N) is 1. The van der Waals surface area contributed by atoms with Crippen molar-refractivity contribution in [1.29, 1.82) is 0 Å². The summed E-state index contributed by atoms with van der Waals surface area (Å²) < 4.78 is 0. The predicted molar refractivity (Wildman–Crippen MR) is 80.5 cm³/mol. The lowest BCUT2D eigenvalue weighted by atomic mass is 9.95. The Morgan fingerprint density at radius 3 is 2.26 bits per heavy atom. The minimum absolute atomic E-state index is 0.834. The molecule has 19 heavy (non-hydrogen) atoms. The lowest BCUT2D eigenvalue weighted by Gasteiger charge is -2.35. The molecule has 0 unspecified atom stereocenters. The number of piperazine rings is 1. The molecule has 1 saturated heterocycles. The first kappa shape index (κ1) is 13.8. The summed E-state index contributed by atoms with van der Waals surface area (Å²) in [6.07, 6.45) is 11.4. The van der Waals surface area contributed by atoms with Gasteiger partial charge in [0.25, 0.3) is 0 Å². The van der Waals surface area contributed by atoms with Crippen LogP contribution in [0.5, 0.6) is 0 Å². The van der Waals surface area contributed by atoms with Gasteiger partial charge in [0, 0.05) is 38.3 Å². The zero-order chi connectivity index (χ0) is 12.9. The summed E-state index contributed by atoms with van der Waals surface area (Å²) in [7, 11) is 0. The molecule has 3 aliphatic rings. The largest absolute Gasteiger partial charge is 0.314 e. The highest BCUT2D eigenvalue weighted by Crippen LogP contribution is 2.27. The summed E-state index contributed by atoms with van der Waals surface area (Å²) in [4.78, 5) is 5.37. The molecular weight excluding hydrogens is 234 g/mol. The van der Waals surface area contributed by atoms with Crippen LogP contribution in [0.3, 0.4) is 0 Å². The van der Waals surface area contributed by atoms with Crippen LogP contribution >= 0.6 is 0 Å². The Kier molecular flexibility index (Phi) is 5.14. The van der Waals surface area contributed by atoms with Crippen LogP contribution in [0.15, 0.2) is 0 Å². The van der Waals surface area contributed by atoms with Gasteiger partial charge in [-0.15, -0.1) is 0 Å². The number of hydrogen-bond acceptors (Lipinski definition) is 3. The third-order valence-corrected chi connectivity index (χ3v) is 5.16. The van der Waals surface area contributed by atoms with E-state index in [-0.39, 0.29) is 0 Å². The SMILES string of the molecule is C1CCC(NCCCN2CCN(C3CC3)CC2)CC1. The average molecular weight is 265 g/mol. The monoisotopic (exact) mass is 265 g/mol. The summed E-state index contributed by atoms with van der Waals surface area (Å²) in [5.41, 5.74) is 0. The van der Waals surface area contributed by atoms with Crippen LogP contribution in [0, 0.1) is 0 Å². The van der Waals surface area contributed by atoms with Crippen molar-refractivity contribution in [3.8, 4) is 0 Å². The first-order valence-electron chi connectivity index (χ1n) is 8.61. The van der Waals surface area contributed by atoms with Crippen molar-refractivity contribution < 1.29 is 0 Å². The molecule has 0 atom stereocenters. The zero-order valence-corrected chi connectivity index (χ0v) is 12.4. The van der Waals surface area contributed by atoms with Crippen LogP contribution in [-0.2, 0) is 0 Å². The third kappa shape index (κ3) is 4.44. The van der Waals surface area contributed by atoms with Gasteiger partial charge in [0.05, 0.1) is 0 Å². The van der Waals surface area contributed by atoms with Gasteiger partial charge < -0.3 is 10.2 Å². The Morgan fingerprint density at radius 2 is 1.58 bits per heavy atom. The Hall–Kier alpha value is -0.120. The smallest absolute Gasteiger partial charge is 0.0113 e. The van der Waals surface area contributed by atoms with Gasteiger partial charge in [0.2, 0.25) is 0 Å². The molecule has 3 fully saturated rings. The van der Waals surface area contributed by atoms with Crippen molar-refractivity contribution in [3.05, 3.63) is 0 Å². The minimum atomic E-state index is 0.834. The summed E-state index contributed by atoms with van der Waals surface area (Å²) >= 11 is 0. The Bertz CT molecular complexity index is 251. The van der Waals surface area contributed by atoms with Gasteiger partial charge in [-0.05, 0) is 45.2 Å². The van der Waals surface area contributed by atoms with E-state index in [1.54, 1.807) is 0 Å². The van der Waals surface area contributed by atoms with Crippen molar-refractivity contribution in [1.82, 2.24) is 15.1 Å². The normalized spacial score (nSPS) is 27.8. The Balaban J connectivity index is 1.22. The highest BCUT2D eigenvalue weighted by molar-refractivity contribution is 4.87. The lowest BCUT2D eigenvalue weighted by molar-refractivity contribution is 0.125. The van der Waals surface area contributed by atoms with Gasteiger partial charge in [-0.3, -0.25) is 4.90 Å². The highest BCUT2D eigenvalue weighted by atomic mass is 15.3. The molecule has 0 aromatic heterocycles. The fourth-order valence-electron chi connectivity index (χ4n) is 3.71. The van der Waals surface area contributed by atoms with E-state index in [2.05, 4.69) is 15.1 Å². The van der Waals surface area contributed by atoms with E-state index in [9.17, 15) is 0 Å². The molecule has 0 aromatic rings. The maximum atomic E-state index is 3.76. The molecule has 3 nitrogen and oxygen atoms in total. The van der Waals surface area contributed by atoms with Crippen molar-refractivity contribution in [3.63, 3.8) is 0 Å². The topological polar surface area (TPSA) is 18.5 Å². The molecule has 0 aromatic carbocycles. The average Bonchev–Trinajstić information content (AvgIpc) is 3.30. The maximum Gasteiger partial charge on any atom is 0.0113 e. The second-order valence-electron chi connectivity index (χ2n) is 6.75. The van der Waals surface area contributed by atoms with Crippen molar-refractivity contribution >= 4 is 0 Å². The standard InChI is InChI=1S/C16H31N3/c1-2-5-15(6-3-1)17-9-4-10-18-11-13-19(14-12-18)16-7-8-16/h15-17H,1-14H2. The minimum Gasteiger partial charge on any atom is -0.314 e. The molecular formula is C16H31N3. The van der Waals surface area contributed by atoms with Crippen molar-refractivity contribution in [2.24, 2.45) is 0 Å². The molecule has 0 radical (unpaired) electrons. The quantitative estimate of drug-likeness (QED) is 0.742. The first-order chi connectivity index (χ1) is 9.42. The fraction of sp³-hybridized carbons (Fsp3) is 1.00. The van der Waals surface area contributed by atoms with Crippen LogP contribution in [0.1, 0.15) is 51.4 Å². The summed E-state index contributed by atoms with van der Waals surface area (Å²) in [6.45, 7) is 7.78. The molecule has 2 aliphatic carbocycles. The third-order valence-electron chi connectivity index (χ3n) is 5.16. The summed E-state index contributed by atoms with van der Waals surface area (Å²) in [5.74, 6) is 0. The van der Waals surface area contributed by atoms with E-state index in [0.29, 0.717) is 0 Å². The molecule has 1 aliphatic heterocycles. The lowest BCUT2D eigenvalue weighted by Crippen LogP contribution is -2.47. The predicted octanol–water partition coefficient (Wildman–Crippen LogP) is 2.08. The van der Waals surface area contributed by atoms with E-state index in [1.165, 1.54) is 90.6 Å². The molecule has 0 spiro atoms. The van der Waals surface area contributed by atoms with Crippen molar-refractivity contribution in [2.45, 2.75) is 63.5 Å². The van der Waals surface area contributed by atoms with Crippen LogP contribution < -0.4 is 5.32 Å². The van der Waals surface area contributed by atoms with Crippen LogP contribution in [0.2, 0.25) is 0 Å². The Labute approximate surface area is 118 Å². The molecule has 3 heteroatoms. The highest BCUT2D eigenvalue weighted by Gasteiger charge is 2.30. The molecule has 110 valence electrons. The van der Waals surface area contributed by atoms with Gasteiger partial charge in [-0.1, -0.05) is 19.3 Å². The maximum absolute atomic E-state index is 3.76. The van der Waals surface area contributed by atoms with Gasteiger partial charge >= 0.3 is 0 Å². The second-order valence-corrected chi connectivity index (χ2v) is 6.75. The molecule has 0 amide bonds. The van der Waals surface area contributed by atoms with Crippen LogP contribution in [0.25, 0.3) is 0 Å². The van der Waals surface area contributed by atoms with E-state index in [0.717, 1.165) is 12.1 Å². The summed E-state index contributed by atoms with van der Waals surface area (Å²) in [5, 5.41) is 3.76. The Morgan fingerprint density at radius 1 is 0.842 bits per heavy atom. The number of hydrogen-bond donors (Lipinski definition) is 1. The molecule has 0 bridgehead atoms. The van der Waals surface area contributed by atoms with Gasteiger partial charge in [0.15, 0.2) is 0 Å². The number of rotatable bonds is 6. The fourth-order valence-corrected chi connectivity index (χ4v) is 3.71. The van der Waals surface area contributed by atoms with Gasteiger partial charge in [-0.25, -0.2) is 0 Å². The van der Waals surface area contributed by atoms with Gasteiger partial charge in [-0.2, -0.15) is 0 Å². The first-order valence-corrected chi connectivity index (χ1v) is 8.61. The van der Waals surface area contributed by atoms with Crippen LogP contribution in [0.4, 0.5) is 0 Å². The number of nitrogens with zero attached hydrogens (tertiary/aromatic N) is 2. The van der Waals surface area contributed by atoms with E-state index >= 15 is 0 Å². The van der Waals surface area contributed by atoms with E-state index in [4.69, 9.17) is 0 Å². The molecule has 2 saturated carbocycles.